The monoisotopic (exact) mass is 297 g/mol. The summed E-state index contributed by atoms with van der Waals surface area (Å²) in [6.45, 7) is 7.40. The van der Waals surface area contributed by atoms with Gasteiger partial charge in [0.15, 0.2) is 0 Å². The second-order valence-corrected chi connectivity index (χ2v) is 5.21. The lowest BCUT2D eigenvalue weighted by molar-refractivity contribution is 0.623. The first-order valence-corrected chi connectivity index (χ1v) is 7.01. The fraction of sp³-hybridized carbons (Fsp3) is 0.357. The Labute approximate surface area is 123 Å². The third-order valence-corrected chi connectivity index (χ3v) is 4.07. The molecule has 0 fully saturated rings. The van der Waals surface area contributed by atoms with Crippen LogP contribution in [-0.2, 0) is 13.1 Å². The molecular weight excluding hydrogens is 281 g/mol. The number of benzene rings is 1. The molecule has 0 saturated carbocycles. The van der Waals surface area contributed by atoms with E-state index in [0.717, 1.165) is 39.2 Å². The normalized spacial score (nSPS) is 10.8. The molecular formula is C14H17Cl2N3. The average Bonchev–Trinajstić information content (AvgIpc) is 2.67. The highest BCUT2D eigenvalue weighted by Crippen LogP contribution is 2.25. The van der Waals surface area contributed by atoms with Gasteiger partial charge in [-0.05, 0) is 38.5 Å². The van der Waals surface area contributed by atoms with E-state index in [1.165, 1.54) is 0 Å². The molecule has 1 aromatic carbocycles. The van der Waals surface area contributed by atoms with Crippen LogP contribution in [0.15, 0.2) is 18.2 Å². The topological polar surface area (TPSA) is 29.9 Å². The van der Waals surface area contributed by atoms with Gasteiger partial charge in [0.05, 0.1) is 23.0 Å². The highest BCUT2D eigenvalue weighted by atomic mass is 35.5. The number of aryl methyl sites for hydroxylation is 2. The maximum absolute atomic E-state index is 6.28. The molecule has 102 valence electrons. The smallest absolute Gasteiger partial charge is 0.0865 e. The predicted molar refractivity (Wildman–Crippen MR) is 81.2 cm³/mol. The highest BCUT2D eigenvalue weighted by Gasteiger charge is 2.12. The summed E-state index contributed by atoms with van der Waals surface area (Å²) in [4.78, 5) is 0. The van der Waals surface area contributed by atoms with Crippen molar-refractivity contribution in [2.24, 2.45) is 0 Å². The molecule has 0 aliphatic carbocycles. The van der Waals surface area contributed by atoms with Crippen LogP contribution >= 0.6 is 23.2 Å². The molecule has 1 heterocycles. The second-order valence-electron chi connectivity index (χ2n) is 4.43. The minimum absolute atomic E-state index is 0.634. The van der Waals surface area contributed by atoms with Crippen molar-refractivity contribution in [2.45, 2.75) is 33.9 Å². The number of hydrogen-bond acceptors (Lipinski definition) is 2. The number of nitrogens with zero attached hydrogens (tertiary/aromatic N) is 2. The van der Waals surface area contributed by atoms with Crippen molar-refractivity contribution in [3.05, 3.63) is 45.2 Å². The maximum Gasteiger partial charge on any atom is 0.0865 e. The summed E-state index contributed by atoms with van der Waals surface area (Å²) in [5, 5.41) is 9.26. The predicted octanol–water partition coefficient (Wildman–Crippen LogP) is 4.44. The van der Waals surface area contributed by atoms with Gasteiger partial charge in [0.25, 0.3) is 0 Å². The van der Waals surface area contributed by atoms with Crippen molar-refractivity contribution in [2.75, 3.05) is 5.32 Å². The van der Waals surface area contributed by atoms with Crippen LogP contribution in [0.3, 0.4) is 0 Å². The maximum atomic E-state index is 6.28. The molecule has 3 nitrogen and oxygen atoms in total. The molecule has 0 unspecified atom stereocenters. The summed E-state index contributed by atoms with van der Waals surface area (Å²) >= 11 is 12.4. The molecule has 0 spiro atoms. The van der Waals surface area contributed by atoms with Gasteiger partial charge < -0.3 is 5.32 Å². The first-order valence-electron chi connectivity index (χ1n) is 6.25. The van der Waals surface area contributed by atoms with Crippen LogP contribution in [0.4, 0.5) is 5.69 Å². The van der Waals surface area contributed by atoms with Crippen molar-refractivity contribution in [3.63, 3.8) is 0 Å². The Balaban J connectivity index is 2.21. The zero-order valence-electron chi connectivity index (χ0n) is 11.3. The van der Waals surface area contributed by atoms with Crippen LogP contribution in [0.2, 0.25) is 10.0 Å². The minimum atomic E-state index is 0.634. The van der Waals surface area contributed by atoms with E-state index < -0.39 is 0 Å². The summed E-state index contributed by atoms with van der Waals surface area (Å²) in [5.74, 6) is 0. The molecule has 0 atom stereocenters. The van der Waals surface area contributed by atoms with E-state index in [-0.39, 0.29) is 0 Å². The summed E-state index contributed by atoms with van der Waals surface area (Å²) in [7, 11) is 0. The highest BCUT2D eigenvalue weighted by molar-refractivity contribution is 6.32. The number of rotatable bonds is 4. The average molecular weight is 298 g/mol. The third kappa shape index (κ3) is 2.88. The van der Waals surface area contributed by atoms with Gasteiger partial charge in [-0.1, -0.05) is 29.3 Å². The number of nitrogens with one attached hydrogen (secondary N) is 1. The van der Waals surface area contributed by atoms with Gasteiger partial charge in [0, 0.05) is 17.3 Å². The van der Waals surface area contributed by atoms with Crippen LogP contribution in [0.1, 0.15) is 23.9 Å². The van der Waals surface area contributed by atoms with Crippen LogP contribution in [0.5, 0.6) is 0 Å². The second kappa shape index (κ2) is 5.85. The number of aromatic nitrogens is 2. The zero-order valence-corrected chi connectivity index (χ0v) is 12.8. The van der Waals surface area contributed by atoms with E-state index in [0.29, 0.717) is 6.54 Å². The molecule has 0 amide bonds. The fourth-order valence-corrected chi connectivity index (χ4v) is 2.39. The van der Waals surface area contributed by atoms with Crippen LogP contribution in [0.25, 0.3) is 0 Å². The van der Waals surface area contributed by atoms with Crippen LogP contribution < -0.4 is 5.32 Å². The van der Waals surface area contributed by atoms with E-state index in [2.05, 4.69) is 17.3 Å². The first kappa shape index (κ1) is 14.2. The number of halogens is 2. The Morgan fingerprint density at radius 1 is 1.26 bits per heavy atom. The molecule has 1 aromatic heterocycles. The molecule has 2 aromatic rings. The van der Waals surface area contributed by atoms with E-state index in [1.807, 2.05) is 36.7 Å². The summed E-state index contributed by atoms with van der Waals surface area (Å²) in [5.41, 5.74) is 3.92. The van der Waals surface area contributed by atoms with Gasteiger partial charge in [0.1, 0.15) is 0 Å². The summed E-state index contributed by atoms with van der Waals surface area (Å²) in [6, 6.07) is 5.83. The van der Waals surface area contributed by atoms with Gasteiger partial charge in [-0.2, -0.15) is 5.10 Å². The lowest BCUT2D eigenvalue weighted by Gasteiger charge is -2.11. The Bertz CT molecular complexity index is 591. The van der Waals surface area contributed by atoms with Crippen molar-refractivity contribution in [1.29, 1.82) is 0 Å². The Hall–Kier alpha value is -1.19. The molecule has 0 radical (unpaired) electrons. The van der Waals surface area contributed by atoms with Crippen LogP contribution in [-0.4, -0.2) is 9.78 Å². The van der Waals surface area contributed by atoms with E-state index >= 15 is 0 Å². The quantitative estimate of drug-likeness (QED) is 0.904. The molecule has 19 heavy (non-hydrogen) atoms. The molecule has 0 aliphatic heterocycles. The van der Waals surface area contributed by atoms with E-state index in [9.17, 15) is 0 Å². The van der Waals surface area contributed by atoms with Crippen molar-refractivity contribution < 1.29 is 0 Å². The largest absolute Gasteiger partial charge is 0.379 e. The van der Waals surface area contributed by atoms with Gasteiger partial charge in [-0.3, -0.25) is 4.68 Å². The fourth-order valence-electron chi connectivity index (χ4n) is 2.02. The molecule has 0 saturated heterocycles. The lowest BCUT2D eigenvalue weighted by atomic mass is 10.2. The third-order valence-electron chi connectivity index (χ3n) is 3.17. The molecule has 5 heteroatoms. The summed E-state index contributed by atoms with van der Waals surface area (Å²) < 4.78 is 1.92. The lowest BCUT2D eigenvalue weighted by Crippen LogP contribution is -2.09. The van der Waals surface area contributed by atoms with Gasteiger partial charge in [0.2, 0.25) is 0 Å². The summed E-state index contributed by atoms with van der Waals surface area (Å²) in [6.07, 6.45) is 0. The van der Waals surface area contributed by atoms with Crippen molar-refractivity contribution >= 4 is 28.9 Å². The van der Waals surface area contributed by atoms with Gasteiger partial charge in [-0.25, -0.2) is 0 Å². The molecule has 0 bridgehead atoms. The standard InChI is InChI=1S/C14H17Cl2N3/c1-4-19-13(14(16)10(3)18-19)8-17-12-7-5-6-11(15)9(12)2/h5-7,17H,4,8H2,1-3H3. The molecule has 0 aliphatic rings. The number of anilines is 1. The zero-order chi connectivity index (χ0) is 14.0. The van der Waals surface area contributed by atoms with Gasteiger partial charge in [-0.15, -0.1) is 0 Å². The minimum Gasteiger partial charge on any atom is -0.379 e. The van der Waals surface area contributed by atoms with Crippen molar-refractivity contribution in [1.82, 2.24) is 9.78 Å². The van der Waals surface area contributed by atoms with E-state index in [4.69, 9.17) is 23.2 Å². The molecule has 1 N–H and O–H groups in total. The number of hydrogen-bond donors (Lipinski definition) is 1. The Kier molecular flexibility index (Phi) is 4.38. The van der Waals surface area contributed by atoms with Crippen molar-refractivity contribution in [3.8, 4) is 0 Å². The Morgan fingerprint density at radius 2 is 2.00 bits per heavy atom. The SMILES string of the molecule is CCn1nc(C)c(Cl)c1CNc1cccc(Cl)c1C. The first-order chi connectivity index (χ1) is 9.04. The van der Waals surface area contributed by atoms with E-state index in [1.54, 1.807) is 0 Å². The van der Waals surface area contributed by atoms with Crippen LogP contribution in [0, 0.1) is 13.8 Å². The molecule has 2 rings (SSSR count). The Morgan fingerprint density at radius 3 is 2.68 bits per heavy atom. The van der Waals surface area contributed by atoms with Gasteiger partial charge >= 0.3 is 0 Å².